The summed E-state index contributed by atoms with van der Waals surface area (Å²) in [4.78, 5) is 17.1. The van der Waals surface area contributed by atoms with Gasteiger partial charge < -0.3 is 18.8 Å². The van der Waals surface area contributed by atoms with Crippen molar-refractivity contribution < 1.29 is 36.2 Å². The van der Waals surface area contributed by atoms with Gasteiger partial charge in [-0.1, -0.05) is 6.07 Å². The standard InChI is InChI=1S/C21H23F2N3O6S/c1-5-26-16-10-9-13(33(28,29)25(2)3)11-15(16)24-18(26)12-31-20(27)14-7-6-8-17(30-4)19(14)32-21(22)23/h6-11,21H,5,12H2,1-4H3. The minimum absolute atomic E-state index is 0.0415. The number of esters is 1. The Labute approximate surface area is 189 Å². The third-order valence-corrected chi connectivity index (χ3v) is 6.66. The highest BCUT2D eigenvalue weighted by molar-refractivity contribution is 7.89. The second-order valence-corrected chi connectivity index (χ2v) is 9.15. The number of hydrogen-bond donors (Lipinski definition) is 0. The maximum Gasteiger partial charge on any atom is 0.387 e. The number of hydrogen-bond acceptors (Lipinski definition) is 7. The lowest BCUT2D eigenvalue weighted by Gasteiger charge is -2.14. The fourth-order valence-corrected chi connectivity index (χ4v) is 4.17. The number of nitrogens with zero attached hydrogens (tertiary/aromatic N) is 3. The van der Waals surface area contributed by atoms with Crippen molar-refractivity contribution in [2.24, 2.45) is 0 Å². The minimum Gasteiger partial charge on any atom is -0.493 e. The van der Waals surface area contributed by atoms with E-state index in [4.69, 9.17) is 9.47 Å². The molecule has 0 aliphatic carbocycles. The van der Waals surface area contributed by atoms with Crippen LogP contribution in [-0.2, 0) is 27.9 Å². The van der Waals surface area contributed by atoms with Crippen LogP contribution in [0, 0.1) is 0 Å². The molecule has 0 radical (unpaired) electrons. The minimum atomic E-state index is -3.65. The summed E-state index contributed by atoms with van der Waals surface area (Å²) < 4.78 is 68.1. The first-order valence-electron chi connectivity index (χ1n) is 9.80. The molecule has 0 bridgehead atoms. The van der Waals surface area contributed by atoms with E-state index >= 15 is 0 Å². The quantitative estimate of drug-likeness (QED) is 0.431. The fourth-order valence-electron chi connectivity index (χ4n) is 3.25. The van der Waals surface area contributed by atoms with E-state index in [1.54, 1.807) is 10.6 Å². The van der Waals surface area contributed by atoms with Gasteiger partial charge in [0.25, 0.3) is 0 Å². The molecule has 33 heavy (non-hydrogen) atoms. The number of carbonyl (C=O) groups is 1. The van der Waals surface area contributed by atoms with Crippen molar-refractivity contribution in [1.82, 2.24) is 13.9 Å². The molecule has 9 nitrogen and oxygen atoms in total. The Balaban J connectivity index is 1.91. The Hall–Kier alpha value is -3.25. The number of para-hydroxylation sites is 1. The van der Waals surface area contributed by atoms with E-state index in [0.29, 0.717) is 23.4 Å². The summed E-state index contributed by atoms with van der Waals surface area (Å²) in [5.74, 6) is -1.02. The van der Waals surface area contributed by atoms with Crippen LogP contribution in [0.25, 0.3) is 11.0 Å². The first-order valence-corrected chi connectivity index (χ1v) is 11.2. The van der Waals surface area contributed by atoms with E-state index in [2.05, 4.69) is 9.72 Å². The van der Waals surface area contributed by atoms with E-state index in [1.165, 1.54) is 51.5 Å². The second kappa shape index (κ2) is 9.71. The van der Waals surface area contributed by atoms with Crippen LogP contribution >= 0.6 is 0 Å². The molecule has 0 amide bonds. The SMILES string of the molecule is CCn1c(COC(=O)c2cccc(OC)c2OC(F)F)nc2cc(S(=O)(=O)N(C)C)ccc21. The molecule has 0 aliphatic heterocycles. The van der Waals surface area contributed by atoms with E-state index in [0.717, 1.165) is 4.31 Å². The number of methoxy groups -OCH3 is 1. The number of aromatic nitrogens is 2. The summed E-state index contributed by atoms with van der Waals surface area (Å²) in [5.41, 5.74) is 0.839. The average molecular weight is 483 g/mol. The highest BCUT2D eigenvalue weighted by atomic mass is 32.2. The number of ether oxygens (including phenoxy) is 3. The monoisotopic (exact) mass is 483 g/mol. The van der Waals surface area contributed by atoms with Gasteiger partial charge in [-0.25, -0.2) is 22.5 Å². The average Bonchev–Trinajstić information content (AvgIpc) is 3.13. The van der Waals surface area contributed by atoms with Crippen molar-refractivity contribution in [2.45, 2.75) is 31.6 Å². The molecular weight excluding hydrogens is 460 g/mol. The van der Waals surface area contributed by atoms with Crippen LogP contribution in [0.15, 0.2) is 41.3 Å². The van der Waals surface area contributed by atoms with E-state index in [-0.39, 0.29) is 22.8 Å². The van der Waals surface area contributed by atoms with Crippen molar-refractivity contribution in [3.63, 3.8) is 0 Å². The fraction of sp³-hybridized carbons (Fsp3) is 0.333. The predicted molar refractivity (Wildman–Crippen MR) is 115 cm³/mol. The summed E-state index contributed by atoms with van der Waals surface area (Å²) in [6, 6.07) is 8.66. The largest absolute Gasteiger partial charge is 0.493 e. The highest BCUT2D eigenvalue weighted by Crippen LogP contribution is 2.33. The Morgan fingerprint density at radius 1 is 1.21 bits per heavy atom. The Morgan fingerprint density at radius 2 is 1.94 bits per heavy atom. The van der Waals surface area contributed by atoms with Crippen molar-refractivity contribution >= 4 is 27.0 Å². The van der Waals surface area contributed by atoms with Gasteiger partial charge in [0.1, 0.15) is 18.0 Å². The molecule has 178 valence electrons. The second-order valence-electron chi connectivity index (χ2n) is 7.00. The number of sulfonamides is 1. The number of imidazole rings is 1. The summed E-state index contributed by atoms with van der Waals surface area (Å²) in [6.07, 6.45) is 0. The predicted octanol–water partition coefficient (Wildman–Crippen LogP) is 3.27. The van der Waals surface area contributed by atoms with Crippen LogP contribution in [0.3, 0.4) is 0 Å². The summed E-state index contributed by atoms with van der Waals surface area (Å²) in [7, 11) is 0.471. The number of aryl methyl sites for hydroxylation is 1. The normalized spacial score (nSPS) is 11.9. The van der Waals surface area contributed by atoms with Crippen LogP contribution in [0.4, 0.5) is 8.78 Å². The lowest BCUT2D eigenvalue weighted by atomic mass is 10.2. The first-order chi connectivity index (χ1) is 15.6. The number of benzene rings is 2. The lowest BCUT2D eigenvalue weighted by molar-refractivity contribution is -0.0518. The Morgan fingerprint density at radius 3 is 2.55 bits per heavy atom. The number of rotatable bonds is 9. The number of alkyl halides is 2. The number of carbonyl (C=O) groups excluding carboxylic acids is 1. The zero-order valence-corrected chi connectivity index (χ0v) is 19.2. The molecule has 12 heteroatoms. The lowest BCUT2D eigenvalue weighted by Crippen LogP contribution is -2.22. The Kier molecular flexibility index (Phi) is 7.18. The van der Waals surface area contributed by atoms with Crippen molar-refractivity contribution in [3.8, 4) is 11.5 Å². The summed E-state index contributed by atoms with van der Waals surface area (Å²) >= 11 is 0. The van der Waals surface area contributed by atoms with Crippen molar-refractivity contribution in [2.75, 3.05) is 21.2 Å². The van der Waals surface area contributed by atoms with E-state index in [1.807, 2.05) is 6.92 Å². The van der Waals surface area contributed by atoms with Gasteiger partial charge in [0.2, 0.25) is 10.0 Å². The van der Waals surface area contributed by atoms with Crippen molar-refractivity contribution in [3.05, 3.63) is 47.8 Å². The zero-order chi connectivity index (χ0) is 24.3. The van der Waals surface area contributed by atoms with Crippen LogP contribution in [-0.4, -0.2) is 56.1 Å². The smallest absolute Gasteiger partial charge is 0.387 e. The molecule has 0 saturated carbocycles. The molecule has 0 fully saturated rings. The Bertz CT molecular complexity index is 1270. The third-order valence-electron chi connectivity index (χ3n) is 4.85. The van der Waals surface area contributed by atoms with Crippen LogP contribution in [0.1, 0.15) is 23.1 Å². The van der Waals surface area contributed by atoms with Gasteiger partial charge >= 0.3 is 12.6 Å². The van der Waals surface area contributed by atoms with Crippen LogP contribution < -0.4 is 9.47 Å². The van der Waals surface area contributed by atoms with Gasteiger partial charge in [-0.3, -0.25) is 0 Å². The topological polar surface area (TPSA) is 100.0 Å². The third kappa shape index (κ3) is 4.91. The molecule has 0 spiro atoms. The molecule has 2 aromatic carbocycles. The summed E-state index contributed by atoms with van der Waals surface area (Å²) in [6.45, 7) is -1.11. The highest BCUT2D eigenvalue weighted by Gasteiger charge is 2.23. The molecule has 0 N–H and O–H groups in total. The molecule has 0 saturated heterocycles. The molecule has 1 heterocycles. The van der Waals surface area contributed by atoms with Gasteiger partial charge in [0, 0.05) is 20.6 Å². The maximum atomic E-state index is 12.8. The van der Waals surface area contributed by atoms with Gasteiger partial charge in [-0.05, 0) is 37.3 Å². The van der Waals surface area contributed by atoms with Gasteiger partial charge in [0.05, 0.1) is 23.0 Å². The van der Waals surface area contributed by atoms with Crippen LogP contribution in [0.5, 0.6) is 11.5 Å². The van der Waals surface area contributed by atoms with Crippen LogP contribution in [0.2, 0.25) is 0 Å². The summed E-state index contributed by atoms with van der Waals surface area (Å²) in [5, 5.41) is 0. The molecule has 3 aromatic rings. The molecule has 1 aromatic heterocycles. The van der Waals surface area contributed by atoms with Gasteiger partial charge in [0.15, 0.2) is 11.5 Å². The van der Waals surface area contributed by atoms with Gasteiger partial charge in [-0.15, -0.1) is 0 Å². The molecule has 3 rings (SSSR count). The maximum absolute atomic E-state index is 12.8. The molecule has 0 aliphatic rings. The zero-order valence-electron chi connectivity index (χ0n) is 18.4. The van der Waals surface area contributed by atoms with Gasteiger partial charge in [-0.2, -0.15) is 8.78 Å². The molecule has 0 atom stereocenters. The molecular formula is C21H23F2N3O6S. The number of halogens is 2. The number of fused-ring (bicyclic) bond motifs is 1. The first kappa shape index (κ1) is 24.4. The van der Waals surface area contributed by atoms with E-state index in [9.17, 15) is 22.0 Å². The van der Waals surface area contributed by atoms with E-state index < -0.39 is 28.4 Å². The van der Waals surface area contributed by atoms with Crippen molar-refractivity contribution in [1.29, 1.82) is 0 Å². The molecule has 0 unspecified atom stereocenters.